The predicted octanol–water partition coefficient (Wildman–Crippen LogP) is 7.25. The summed E-state index contributed by atoms with van der Waals surface area (Å²) in [5.41, 5.74) is 5.15. The van der Waals surface area contributed by atoms with Gasteiger partial charge in [0.1, 0.15) is 17.0 Å². The largest absolute Gasteiger partial charge is 0.497 e. The maximum absolute atomic E-state index is 12.1. The first-order valence-corrected chi connectivity index (χ1v) is 12.5. The minimum Gasteiger partial charge on any atom is -0.497 e. The van der Waals surface area contributed by atoms with Gasteiger partial charge in [-0.2, -0.15) is 0 Å². The Morgan fingerprint density at radius 3 is 2.31 bits per heavy atom. The van der Waals surface area contributed by atoms with Gasteiger partial charge in [0, 0.05) is 17.0 Å². The molecule has 0 amide bonds. The molecule has 2 atom stereocenters. The zero-order valence-corrected chi connectivity index (χ0v) is 20.8. The van der Waals surface area contributed by atoms with Crippen LogP contribution in [0.5, 0.6) is 5.75 Å². The highest BCUT2D eigenvalue weighted by atomic mass is 16.5. The van der Waals surface area contributed by atoms with Crippen LogP contribution in [0.2, 0.25) is 0 Å². The van der Waals surface area contributed by atoms with E-state index in [0.717, 1.165) is 53.8 Å². The maximum atomic E-state index is 12.1. The Morgan fingerprint density at radius 2 is 1.63 bits per heavy atom. The molecule has 1 aliphatic rings. The first kappa shape index (κ1) is 23.4. The van der Waals surface area contributed by atoms with E-state index in [1.165, 1.54) is 11.1 Å². The third kappa shape index (κ3) is 4.76. The average molecular weight is 468 g/mol. The van der Waals surface area contributed by atoms with Crippen LogP contribution in [0.1, 0.15) is 48.3 Å². The van der Waals surface area contributed by atoms with Crippen LogP contribution in [-0.2, 0) is 12.0 Å². The van der Waals surface area contributed by atoms with E-state index in [2.05, 4.69) is 74.5 Å². The van der Waals surface area contributed by atoms with Crippen LogP contribution in [-0.4, -0.2) is 17.2 Å². The van der Waals surface area contributed by atoms with Crippen molar-refractivity contribution in [3.63, 3.8) is 0 Å². The van der Waals surface area contributed by atoms with Crippen LogP contribution in [0, 0.1) is 19.8 Å². The molecule has 4 nitrogen and oxygen atoms in total. The average Bonchev–Trinajstić information content (AvgIpc) is 3.33. The van der Waals surface area contributed by atoms with E-state index in [0.29, 0.717) is 18.1 Å². The first-order chi connectivity index (χ1) is 17.0. The van der Waals surface area contributed by atoms with Gasteiger partial charge in [-0.3, -0.25) is 0 Å². The number of ether oxygens (including phenoxy) is 1. The SMILES string of the molecule is COc1cccc(CC2CCCCC2(O)c2nc(-c3ccc(C)cc3)c(-c3ccc(C)cc3)o2)c1. The molecule has 5 rings (SSSR count). The molecule has 2 unspecified atom stereocenters. The van der Waals surface area contributed by atoms with Crippen molar-refractivity contribution in [2.45, 2.75) is 51.6 Å². The summed E-state index contributed by atoms with van der Waals surface area (Å²) in [5, 5.41) is 12.1. The lowest BCUT2D eigenvalue weighted by Gasteiger charge is -2.37. The zero-order valence-electron chi connectivity index (χ0n) is 20.8. The van der Waals surface area contributed by atoms with E-state index in [-0.39, 0.29) is 5.92 Å². The van der Waals surface area contributed by atoms with Crippen molar-refractivity contribution in [3.8, 4) is 28.3 Å². The fourth-order valence-electron chi connectivity index (χ4n) is 5.18. The van der Waals surface area contributed by atoms with Crippen LogP contribution in [0.15, 0.2) is 77.2 Å². The Bertz CT molecular complexity index is 1230. The monoisotopic (exact) mass is 467 g/mol. The summed E-state index contributed by atoms with van der Waals surface area (Å²) >= 11 is 0. The van der Waals surface area contributed by atoms with E-state index < -0.39 is 5.60 Å². The summed E-state index contributed by atoms with van der Waals surface area (Å²) < 4.78 is 11.9. The number of methoxy groups -OCH3 is 1. The highest BCUT2D eigenvalue weighted by molar-refractivity contribution is 5.77. The predicted molar refractivity (Wildman–Crippen MR) is 139 cm³/mol. The van der Waals surface area contributed by atoms with E-state index in [9.17, 15) is 5.11 Å². The van der Waals surface area contributed by atoms with E-state index in [4.69, 9.17) is 14.1 Å². The summed E-state index contributed by atoms with van der Waals surface area (Å²) in [4.78, 5) is 4.99. The van der Waals surface area contributed by atoms with Crippen LogP contribution in [0.25, 0.3) is 22.6 Å². The summed E-state index contributed by atoms with van der Waals surface area (Å²) in [6, 6.07) is 24.7. The Morgan fingerprint density at radius 1 is 0.943 bits per heavy atom. The quantitative estimate of drug-likeness (QED) is 0.324. The Labute approximate surface area is 207 Å². The van der Waals surface area contributed by atoms with Crippen molar-refractivity contribution >= 4 is 0 Å². The number of hydrogen-bond acceptors (Lipinski definition) is 4. The van der Waals surface area contributed by atoms with Gasteiger partial charge in [0.25, 0.3) is 0 Å². The van der Waals surface area contributed by atoms with Gasteiger partial charge >= 0.3 is 0 Å². The zero-order chi connectivity index (χ0) is 24.4. The van der Waals surface area contributed by atoms with Crippen molar-refractivity contribution in [2.24, 2.45) is 5.92 Å². The third-order valence-corrected chi connectivity index (χ3v) is 7.29. The molecule has 3 aromatic carbocycles. The van der Waals surface area contributed by atoms with Gasteiger partial charge in [0.2, 0.25) is 5.89 Å². The number of oxazole rings is 1. The Kier molecular flexibility index (Phi) is 6.48. The molecule has 0 spiro atoms. The van der Waals surface area contributed by atoms with Crippen molar-refractivity contribution in [1.29, 1.82) is 0 Å². The molecule has 1 saturated carbocycles. The second-order valence-electron chi connectivity index (χ2n) is 9.85. The molecule has 4 heteroatoms. The molecule has 35 heavy (non-hydrogen) atoms. The molecule has 1 aliphatic carbocycles. The molecule has 4 aromatic rings. The molecule has 0 saturated heterocycles. The van der Waals surface area contributed by atoms with Gasteiger partial charge < -0.3 is 14.3 Å². The molecule has 0 radical (unpaired) electrons. The smallest absolute Gasteiger partial charge is 0.227 e. The minimum atomic E-state index is -1.12. The minimum absolute atomic E-state index is 0.0127. The van der Waals surface area contributed by atoms with Gasteiger partial charge in [0.15, 0.2) is 5.76 Å². The highest BCUT2D eigenvalue weighted by Gasteiger charge is 2.45. The molecular formula is C31H33NO3. The van der Waals surface area contributed by atoms with Gasteiger partial charge in [-0.1, -0.05) is 84.6 Å². The van der Waals surface area contributed by atoms with Gasteiger partial charge in [0.05, 0.1) is 7.11 Å². The van der Waals surface area contributed by atoms with Gasteiger partial charge in [-0.25, -0.2) is 4.98 Å². The molecule has 0 bridgehead atoms. The number of nitrogens with zero attached hydrogens (tertiary/aromatic N) is 1. The lowest BCUT2D eigenvalue weighted by atomic mass is 9.72. The highest BCUT2D eigenvalue weighted by Crippen LogP contribution is 2.46. The van der Waals surface area contributed by atoms with E-state index in [1.54, 1.807) is 7.11 Å². The number of rotatable bonds is 6. The topological polar surface area (TPSA) is 55.5 Å². The molecule has 1 N–H and O–H groups in total. The van der Waals surface area contributed by atoms with Crippen molar-refractivity contribution < 1.29 is 14.3 Å². The lowest BCUT2D eigenvalue weighted by molar-refractivity contribution is -0.0742. The molecule has 1 heterocycles. The van der Waals surface area contributed by atoms with Gasteiger partial charge in [-0.05, 0) is 50.8 Å². The number of aromatic nitrogens is 1. The Balaban J connectivity index is 1.57. The lowest BCUT2D eigenvalue weighted by Crippen LogP contribution is -2.39. The Hall–Kier alpha value is -3.37. The molecule has 180 valence electrons. The van der Waals surface area contributed by atoms with Crippen molar-refractivity contribution in [2.75, 3.05) is 7.11 Å². The summed E-state index contributed by atoms with van der Waals surface area (Å²) in [7, 11) is 1.68. The van der Waals surface area contributed by atoms with Crippen LogP contribution in [0.4, 0.5) is 0 Å². The summed E-state index contributed by atoms with van der Waals surface area (Å²) in [6.45, 7) is 4.15. The van der Waals surface area contributed by atoms with Crippen LogP contribution >= 0.6 is 0 Å². The van der Waals surface area contributed by atoms with Gasteiger partial charge in [-0.15, -0.1) is 0 Å². The number of aryl methyl sites for hydroxylation is 2. The first-order valence-electron chi connectivity index (χ1n) is 12.5. The number of aliphatic hydroxyl groups is 1. The van der Waals surface area contributed by atoms with E-state index >= 15 is 0 Å². The fourth-order valence-corrected chi connectivity index (χ4v) is 5.18. The summed E-state index contributed by atoms with van der Waals surface area (Å²) in [5.74, 6) is 1.99. The molecular weight excluding hydrogens is 434 g/mol. The molecule has 1 aromatic heterocycles. The van der Waals surface area contributed by atoms with Crippen LogP contribution < -0.4 is 4.74 Å². The summed E-state index contributed by atoms with van der Waals surface area (Å²) in [6.07, 6.45) is 4.36. The second-order valence-corrected chi connectivity index (χ2v) is 9.85. The fraction of sp³-hybridized carbons (Fsp3) is 0.323. The van der Waals surface area contributed by atoms with Crippen molar-refractivity contribution in [3.05, 3.63) is 95.4 Å². The standard InChI is InChI=1S/C31H33NO3/c1-21-10-14-24(15-11-21)28-29(25-16-12-22(2)13-17-25)35-30(32-28)31(33)18-5-4-8-26(31)19-23-7-6-9-27(20-23)34-3/h6-7,9-17,20,26,33H,4-5,8,18-19H2,1-3H3. The number of benzene rings is 3. The normalized spacial score (nSPS) is 20.1. The molecule has 1 fully saturated rings. The van der Waals surface area contributed by atoms with E-state index in [1.807, 2.05) is 12.1 Å². The van der Waals surface area contributed by atoms with Crippen molar-refractivity contribution in [1.82, 2.24) is 4.98 Å². The van der Waals surface area contributed by atoms with Crippen LogP contribution in [0.3, 0.4) is 0 Å². The second kappa shape index (κ2) is 9.71. The third-order valence-electron chi connectivity index (χ3n) is 7.29. The maximum Gasteiger partial charge on any atom is 0.227 e. The number of hydrogen-bond donors (Lipinski definition) is 1. The molecule has 0 aliphatic heterocycles.